The van der Waals surface area contributed by atoms with Crippen LogP contribution in [0, 0.1) is 6.92 Å². The third kappa shape index (κ3) is 1.37. The number of aromatic hydroxyl groups is 1. The third-order valence-corrected chi connectivity index (χ3v) is 2.20. The molecule has 0 spiro atoms. The Morgan fingerprint density at radius 3 is 2.92 bits per heavy atom. The van der Waals surface area contributed by atoms with Gasteiger partial charge in [-0.3, -0.25) is 4.79 Å². The van der Waals surface area contributed by atoms with Gasteiger partial charge in [-0.15, -0.1) is 0 Å². The molecule has 1 aliphatic heterocycles. The van der Waals surface area contributed by atoms with Crippen LogP contribution in [0.1, 0.15) is 17.5 Å². The number of phenols is 1. The lowest BCUT2D eigenvalue weighted by Gasteiger charge is -2.16. The molecular formula is C10H10O3. The van der Waals surface area contributed by atoms with Crippen molar-refractivity contribution in [1.82, 2.24) is 0 Å². The SMILES string of the molecule is Cc1cc2c(cc1O)OC(=O)CC2. The molecule has 68 valence electrons. The first-order valence-electron chi connectivity index (χ1n) is 4.20. The first-order valence-corrected chi connectivity index (χ1v) is 4.20. The predicted octanol–water partition coefficient (Wildman–Crippen LogP) is 1.55. The van der Waals surface area contributed by atoms with Gasteiger partial charge in [0.05, 0.1) is 6.42 Å². The number of aryl methyl sites for hydroxylation is 2. The van der Waals surface area contributed by atoms with Crippen molar-refractivity contribution in [1.29, 1.82) is 0 Å². The quantitative estimate of drug-likeness (QED) is 0.484. The molecule has 0 saturated heterocycles. The zero-order valence-corrected chi connectivity index (χ0v) is 7.33. The molecule has 0 radical (unpaired) electrons. The van der Waals surface area contributed by atoms with Crippen molar-refractivity contribution in [2.75, 3.05) is 0 Å². The number of rotatable bonds is 0. The highest BCUT2D eigenvalue weighted by Gasteiger charge is 2.18. The average molecular weight is 178 g/mol. The lowest BCUT2D eigenvalue weighted by Crippen LogP contribution is -2.15. The molecule has 0 fully saturated rings. The minimum absolute atomic E-state index is 0.174. The molecule has 1 N–H and O–H groups in total. The van der Waals surface area contributed by atoms with Crippen LogP contribution in [0.15, 0.2) is 12.1 Å². The second-order valence-electron chi connectivity index (χ2n) is 3.22. The summed E-state index contributed by atoms with van der Waals surface area (Å²) in [6.07, 6.45) is 1.13. The summed E-state index contributed by atoms with van der Waals surface area (Å²) >= 11 is 0. The standard InChI is InChI=1S/C10H10O3/c1-6-4-7-2-3-10(12)13-9(7)5-8(6)11/h4-5,11H,2-3H2,1H3. The van der Waals surface area contributed by atoms with E-state index in [2.05, 4.69) is 0 Å². The largest absolute Gasteiger partial charge is 0.508 e. The van der Waals surface area contributed by atoms with Gasteiger partial charge in [-0.25, -0.2) is 0 Å². The van der Waals surface area contributed by atoms with Crippen LogP contribution in [0.3, 0.4) is 0 Å². The lowest BCUT2D eigenvalue weighted by atomic mass is 10.0. The molecule has 13 heavy (non-hydrogen) atoms. The van der Waals surface area contributed by atoms with Gasteiger partial charge < -0.3 is 9.84 Å². The zero-order valence-electron chi connectivity index (χ0n) is 7.33. The summed E-state index contributed by atoms with van der Waals surface area (Å²) in [4.78, 5) is 10.9. The smallest absolute Gasteiger partial charge is 0.311 e. The van der Waals surface area contributed by atoms with Gasteiger partial charge in [-0.1, -0.05) is 0 Å². The molecular weight excluding hydrogens is 168 g/mol. The maximum absolute atomic E-state index is 10.9. The second-order valence-corrected chi connectivity index (χ2v) is 3.22. The molecule has 0 amide bonds. The Morgan fingerprint density at radius 2 is 2.15 bits per heavy atom. The van der Waals surface area contributed by atoms with E-state index in [0.29, 0.717) is 18.6 Å². The molecule has 0 unspecified atom stereocenters. The topological polar surface area (TPSA) is 46.5 Å². The van der Waals surface area contributed by atoms with Gasteiger partial charge in [-0.05, 0) is 30.5 Å². The van der Waals surface area contributed by atoms with Crippen LogP contribution < -0.4 is 4.74 Å². The molecule has 0 saturated carbocycles. The van der Waals surface area contributed by atoms with Crippen molar-refractivity contribution in [2.24, 2.45) is 0 Å². The van der Waals surface area contributed by atoms with E-state index in [9.17, 15) is 9.90 Å². The Kier molecular flexibility index (Phi) is 1.72. The van der Waals surface area contributed by atoms with Crippen LogP contribution in [0.5, 0.6) is 11.5 Å². The second kappa shape index (κ2) is 2.76. The maximum Gasteiger partial charge on any atom is 0.311 e. The van der Waals surface area contributed by atoms with Crippen molar-refractivity contribution >= 4 is 5.97 Å². The lowest BCUT2D eigenvalue weighted by molar-refractivity contribution is -0.135. The molecule has 0 bridgehead atoms. The first-order chi connectivity index (χ1) is 6.16. The molecule has 2 rings (SSSR count). The van der Waals surface area contributed by atoms with Gasteiger partial charge in [0.15, 0.2) is 0 Å². The van der Waals surface area contributed by atoms with Crippen molar-refractivity contribution in [3.05, 3.63) is 23.3 Å². The number of hydrogen-bond acceptors (Lipinski definition) is 3. The molecule has 1 aromatic rings. The third-order valence-electron chi connectivity index (χ3n) is 2.20. The Bertz CT molecular complexity index is 369. The monoisotopic (exact) mass is 178 g/mol. The predicted molar refractivity (Wildman–Crippen MR) is 46.8 cm³/mol. The van der Waals surface area contributed by atoms with Crippen LogP contribution in [0.25, 0.3) is 0 Å². The van der Waals surface area contributed by atoms with Gasteiger partial charge in [0.1, 0.15) is 11.5 Å². The summed E-state index contributed by atoms with van der Waals surface area (Å²) in [6, 6.07) is 3.36. The number of phenolic OH excluding ortho intramolecular Hbond substituents is 1. The van der Waals surface area contributed by atoms with E-state index in [4.69, 9.17) is 4.74 Å². The van der Waals surface area contributed by atoms with Crippen molar-refractivity contribution < 1.29 is 14.6 Å². The molecule has 1 heterocycles. The number of fused-ring (bicyclic) bond motifs is 1. The van der Waals surface area contributed by atoms with Crippen LogP contribution in [-0.2, 0) is 11.2 Å². The average Bonchev–Trinajstić information content (AvgIpc) is 2.08. The minimum Gasteiger partial charge on any atom is -0.508 e. The molecule has 3 nitrogen and oxygen atoms in total. The van der Waals surface area contributed by atoms with E-state index in [1.165, 1.54) is 6.07 Å². The van der Waals surface area contributed by atoms with Gasteiger partial charge in [0, 0.05) is 6.07 Å². The summed E-state index contributed by atoms with van der Waals surface area (Å²) in [6.45, 7) is 1.83. The van der Waals surface area contributed by atoms with Gasteiger partial charge in [-0.2, -0.15) is 0 Å². The molecule has 0 aromatic heterocycles. The van der Waals surface area contributed by atoms with E-state index in [1.54, 1.807) is 0 Å². The first kappa shape index (κ1) is 8.10. The normalized spacial score (nSPS) is 15.0. The van der Waals surface area contributed by atoms with E-state index in [-0.39, 0.29) is 11.7 Å². The number of hydrogen-bond donors (Lipinski definition) is 1. The Morgan fingerprint density at radius 1 is 1.38 bits per heavy atom. The summed E-state index contributed by atoms with van der Waals surface area (Å²) in [5.74, 6) is 0.448. The highest BCUT2D eigenvalue weighted by Crippen LogP contribution is 2.31. The van der Waals surface area contributed by atoms with Gasteiger partial charge >= 0.3 is 5.97 Å². The highest BCUT2D eigenvalue weighted by atomic mass is 16.5. The van der Waals surface area contributed by atoms with E-state index in [0.717, 1.165) is 11.1 Å². The van der Waals surface area contributed by atoms with E-state index < -0.39 is 0 Å². The van der Waals surface area contributed by atoms with Crippen molar-refractivity contribution in [3.8, 4) is 11.5 Å². The fourth-order valence-electron chi connectivity index (χ4n) is 1.44. The summed E-state index contributed by atoms with van der Waals surface area (Å²) < 4.78 is 4.97. The summed E-state index contributed by atoms with van der Waals surface area (Å²) in [7, 11) is 0. The van der Waals surface area contributed by atoms with Crippen LogP contribution in [0.2, 0.25) is 0 Å². The number of benzene rings is 1. The molecule has 3 heteroatoms. The van der Waals surface area contributed by atoms with E-state index in [1.807, 2.05) is 13.0 Å². The van der Waals surface area contributed by atoms with Gasteiger partial charge in [0.2, 0.25) is 0 Å². The Labute approximate surface area is 76.0 Å². The minimum atomic E-state index is -0.226. The number of esters is 1. The molecule has 1 aromatic carbocycles. The molecule has 0 aliphatic carbocycles. The van der Waals surface area contributed by atoms with Gasteiger partial charge in [0.25, 0.3) is 0 Å². The maximum atomic E-state index is 10.9. The Hall–Kier alpha value is -1.51. The Balaban J connectivity index is 2.49. The number of carbonyl (C=O) groups excluding carboxylic acids is 1. The van der Waals surface area contributed by atoms with Crippen molar-refractivity contribution in [2.45, 2.75) is 19.8 Å². The molecule has 1 aliphatic rings. The van der Waals surface area contributed by atoms with Crippen LogP contribution in [0.4, 0.5) is 0 Å². The zero-order chi connectivity index (χ0) is 9.42. The summed E-state index contributed by atoms with van der Waals surface area (Å²) in [5.41, 5.74) is 1.81. The molecule has 0 atom stereocenters. The van der Waals surface area contributed by atoms with E-state index >= 15 is 0 Å². The fraction of sp³-hybridized carbons (Fsp3) is 0.300. The fourth-order valence-corrected chi connectivity index (χ4v) is 1.44. The number of carbonyl (C=O) groups is 1. The summed E-state index contributed by atoms with van der Waals surface area (Å²) in [5, 5.41) is 9.37. The number of ether oxygens (including phenoxy) is 1. The van der Waals surface area contributed by atoms with Crippen LogP contribution >= 0.6 is 0 Å². The van der Waals surface area contributed by atoms with Crippen molar-refractivity contribution in [3.63, 3.8) is 0 Å². The van der Waals surface area contributed by atoms with Crippen LogP contribution in [-0.4, -0.2) is 11.1 Å². The highest BCUT2D eigenvalue weighted by molar-refractivity contribution is 5.75.